The monoisotopic (exact) mass is 284 g/mol. The fraction of sp³-hybridized carbons (Fsp3) is 0.583. The van der Waals surface area contributed by atoms with Crippen molar-refractivity contribution in [2.45, 2.75) is 25.4 Å². The Labute approximate surface area is 114 Å². The fourth-order valence-electron chi connectivity index (χ4n) is 2.34. The van der Waals surface area contributed by atoms with Gasteiger partial charge in [0, 0.05) is 37.4 Å². The lowest BCUT2D eigenvalue weighted by molar-refractivity contribution is 0.200. The van der Waals surface area contributed by atoms with Crippen LogP contribution in [-0.4, -0.2) is 43.7 Å². The average molecular weight is 284 g/mol. The van der Waals surface area contributed by atoms with Crippen LogP contribution in [0.1, 0.15) is 18.4 Å². The third kappa shape index (κ3) is 4.45. The number of anilines is 1. The Balaban J connectivity index is 1.86. The van der Waals surface area contributed by atoms with E-state index in [4.69, 9.17) is 5.73 Å². The molecule has 6 nitrogen and oxygen atoms in total. The molecular formula is C12H20N4O2S. The number of nitrogens with one attached hydrogen (secondary N) is 1. The SMILES string of the molecule is CS(=O)(=O)NC1CCN(Cc2cccnc2N)CC1. The molecule has 0 radical (unpaired) electrons. The third-order valence-corrected chi connectivity index (χ3v) is 4.05. The maximum atomic E-state index is 11.2. The van der Waals surface area contributed by atoms with Crippen LogP contribution >= 0.6 is 0 Å². The van der Waals surface area contributed by atoms with Crippen molar-refractivity contribution in [3.8, 4) is 0 Å². The van der Waals surface area contributed by atoms with E-state index in [1.165, 1.54) is 6.26 Å². The normalized spacial score (nSPS) is 18.6. The number of nitrogen functional groups attached to an aromatic ring is 1. The maximum absolute atomic E-state index is 11.2. The summed E-state index contributed by atoms with van der Waals surface area (Å²) in [5, 5.41) is 0. The minimum Gasteiger partial charge on any atom is -0.383 e. The molecule has 1 aliphatic rings. The summed E-state index contributed by atoms with van der Waals surface area (Å²) in [4.78, 5) is 6.34. The van der Waals surface area contributed by atoms with Gasteiger partial charge in [0.2, 0.25) is 10.0 Å². The number of aromatic nitrogens is 1. The number of pyridine rings is 1. The Bertz CT molecular complexity index is 524. The first kappa shape index (κ1) is 14.2. The molecule has 7 heteroatoms. The largest absolute Gasteiger partial charge is 0.383 e. The van der Waals surface area contributed by atoms with Gasteiger partial charge in [-0.15, -0.1) is 0 Å². The average Bonchev–Trinajstić information content (AvgIpc) is 2.33. The summed E-state index contributed by atoms with van der Waals surface area (Å²) in [6, 6.07) is 3.91. The van der Waals surface area contributed by atoms with Gasteiger partial charge in [0.05, 0.1) is 6.26 Å². The minimum absolute atomic E-state index is 0.0532. The summed E-state index contributed by atoms with van der Waals surface area (Å²) in [5.74, 6) is 0.568. The van der Waals surface area contributed by atoms with E-state index in [2.05, 4.69) is 14.6 Å². The van der Waals surface area contributed by atoms with Crippen LogP contribution in [0.2, 0.25) is 0 Å². The van der Waals surface area contributed by atoms with Crippen LogP contribution in [0.25, 0.3) is 0 Å². The molecule has 0 unspecified atom stereocenters. The Morgan fingerprint density at radius 3 is 2.74 bits per heavy atom. The molecule has 106 valence electrons. The summed E-state index contributed by atoms with van der Waals surface area (Å²) in [6.07, 6.45) is 4.54. The van der Waals surface area contributed by atoms with Gasteiger partial charge in [0.15, 0.2) is 0 Å². The zero-order valence-corrected chi connectivity index (χ0v) is 11.9. The fourth-order valence-corrected chi connectivity index (χ4v) is 3.18. The van der Waals surface area contributed by atoms with Crippen molar-refractivity contribution in [2.24, 2.45) is 0 Å². The van der Waals surface area contributed by atoms with Crippen LogP contribution in [0.4, 0.5) is 5.82 Å². The summed E-state index contributed by atoms with van der Waals surface area (Å²) >= 11 is 0. The first-order chi connectivity index (χ1) is 8.94. The van der Waals surface area contributed by atoms with Gasteiger partial charge in [0.25, 0.3) is 0 Å². The molecule has 0 aliphatic carbocycles. The van der Waals surface area contributed by atoms with Gasteiger partial charge >= 0.3 is 0 Å². The Kier molecular flexibility index (Phi) is 4.38. The quantitative estimate of drug-likeness (QED) is 0.823. The molecule has 3 N–H and O–H groups in total. The van der Waals surface area contributed by atoms with Gasteiger partial charge in [-0.1, -0.05) is 6.07 Å². The smallest absolute Gasteiger partial charge is 0.208 e. The first-order valence-corrected chi connectivity index (χ1v) is 8.22. The van der Waals surface area contributed by atoms with E-state index in [1.807, 2.05) is 12.1 Å². The van der Waals surface area contributed by atoms with Crippen LogP contribution in [0.3, 0.4) is 0 Å². The van der Waals surface area contributed by atoms with Gasteiger partial charge in [-0.3, -0.25) is 4.90 Å². The van der Waals surface area contributed by atoms with Crippen molar-refractivity contribution in [1.82, 2.24) is 14.6 Å². The van der Waals surface area contributed by atoms with Gasteiger partial charge < -0.3 is 5.73 Å². The molecule has 0 atom stereocenters. The van der Waals surface area contributed by atoms with Crippen LogP contribution in [0.5, 0.6) is 0 Å². The van der Waals surface area contributed by atoms with Crippen LogP contribution in [0, 0.1) is 0 Å². The van der Waals surface area contributed by atoms with Gasteiger partial charge in [-0.25, -0.2) is 18.1 Å². The Hall–Kier alpha value is -1.18. The molecule has 2 rings (SSSR count). The molecule has 1 fully saturated rings. The van der Waals surface area contributed by atoms with E-state index in [-0.39, 0.29) is 6.04 Å². The van der Waals surface area contributed by atoms with Crippen molar-refractivity contribution < 1.29 is 8.42 Å². The Morgan fingerprint density at radius 1 is 1.47 bits per heavy atom. The molecule has 1 aromatic heterocycles. The highest BCUT2D eigenvalue weighted by molar-refractivity contribution is 7.88. The van der Waals surface area contributed by atoms with Crippen LogP contribution in [0.15, 0.2) is 18.3 Å². The molecule has 1 aliphatic heterocycles. The molecule has 0 amide bonds. The molecular weight excluding hydrogens is 264 g/mol. The highest BCUT2D eigenvalue weighted by atomic mass is 32.2. The zero-order valence-electron chi connectivity index (χ0n) is 11.0. The first-order valence-electron chi connectivity index (χ1n) is 6.33. The second-order valence-corrected chi connectivity index (χ2v) is 6.77. The van der Waals surface area contributed by atoms with Crippen molar-refractivity contribution in [2.75, 3.05) is 25.1 Å². The highest BCUT2D eigenvalue weighted by Gasteiger charge is 2.21. The van der Waals surface area contributed by atoms with Crippen molar-refractivity contribution in [3.63, 3.8) is 0 Å². The van der Waals surface area contributed by atoms with E-state index in [9.17, 15) is 8.42 Å². The van der Waals surface area contributed by atoms with E-state index in [0.717, 1.165) is 38.0 Å². The van der Waals surface area contributed by atoms with Crippen molar-refractivity contribution in [3.05, 3.63) is 23.9 Å². The molecule has 1 saturated heterocycles. The van der Waals surface area contributed by atoms with Crippen LogP contribution in [-0.2, 0) is 16.6 Å². The van der Waals surface area contributed by atoms with Gasteiger partial charge in [-0.2, -0.15) is 0 Å². The molecule has 1 aromatic rings. The molecule has 0 aromatic carbocycles. The van der Waals surface area contributed by atoms with E-state index in [1.54, 1.807) is 6.20 Å². The van der Waals surface area contributed by atoms with Gasteiger partial charge in [-0.05, 0) is 18.9 Å². The number of hydrogen-bond donors (Lipinski definition) is 2. The highest BCUT2D eigenvalue weighted by Crippen LogP contribution is 2.16. The lowest BCUT2D eigenvalue weighted by Crippen LogP contribution is -2.44. The minimum atomic E-state index is -3.11. The standard InChI is InChI=1S/C12H20N4O2S/c1-19(17,18)15-11-4-7-16(8-5-11)9-10-3-2-6-14-12(10)13/h2-3,6,11,15H,4-5,7-9H2,1H3,(H2,13,14). The van der Waals surface area contributed by atoms with Gasteiger partial charge in [0.1, 0.15) is 5.82 Å². The number of rotatable bonds is 4. The third-order valence-electron chi connectivity index (χ3n) is 3.29. The molecule has 0 spiro atoms. The van der Waals surface area contributed by atoms with Crippen LogP contribution < -0.4 is 10.5 Å². The van der Waals surface area contributed by atoms with Crippen molar-refractivity contribution in [1.29, 1.82) is 0 Å². The number of hydrogen-bond acceptors (Lipinski definition) is 5. The number of nitrogens with zero attached hydrogens (tertiary/aromatic N) is 2. The predicted octanol–water partition coefficient (Wildman–Crippen LogP) is 0.177. The molecule has 0 bridgehead atoms. The molecule has 2 heterocycles. The molecule has 19 heavy (non-hydrogen) atoms. The summed E-state index contributed by atoms with van der Waals surface area (Å²) in [6.45, 7) is 2.49. The zero-order chi connectivity index (χ0) is 13.9. The van der Waals surface area contributed by atoms with E-state index in [0.29, 0.717) is 5.82 Å². The van der Waals surface area contributed by atoms with Crippen molar-refractivity contribution >= 4 is 15.8 Å². The number of sulfonamides is 1. The second-order valence-electron chi connectivity index (χ2n) is 4.99. The summed E-state index contributed by atoms with van der Waals surface area (Å²) in [5.41, 5.74) is 6.84. The second kappa shape index (κ2) is 5.85. The lowest BCUT2D eigenvalue weighted by Gasteiger charge is -2.32. The topological polar surface area (TPSA) is 88.3 Å². The van der Waals surface area contributed by atoms with E-state index >= 15 is 0 Å². The van der Waals surface area contributed by atoms with E-state index < -0.39 is 10.0 Å². The maximum Gasteiger partial charge on any atom is 0.208 e. The lowest BCUT2D eigenvalue weighted by atomic mass is 10.1. The number of piperidine rings is 1. The predicted molar refractivity (Wildman–Crippen MR) is 74.9 cm³/mol. The molecule has 0 saturated carbocycles. The summed E-state index contributed by atoms with van der Waals surface area (Å²) in [7, 11) is -3.11. The number of likely N-dealkylation sites (tertiary alicyclic amines) is 1. The number of nitrogens with two attached hydrogens (primary N) is 1. The summed E-state index contributed by atoms with van der Waals surface area (Å²) < 4.78 is 25.0. The Morgan fingerprint density at radius 2 is 2.16 bits per heavy atom.